The van der Waals surface area contributed by atoms with Gasteiger partial charge in [0.1, 0.15) is 0 Å². The van der Waals surface area contributed by atoms with Crippen LogP contribution in [0.25, 0.3) is 0 Å². The summed E-state index contributed by atoms with van der Waals surface area (Å²) < 4.78 is 23.0. The molecule has 0 fully saturated rings. The summed E-state index contributed by atoms with van der Waals surface area (Å²) in [6, 6.07) is 19.9. The molecule has 0 aromatic heterocycles. The van der Waals surface area contributed by atoms with Gasteiger partial charge in [0.2, 0.25) is 6.79 Å². The van der Waals surface area contributed by atoms with Crippen molar-refractivity contribution in [3.63, 3.8) is 0 Å². The van der Waals surface area contributed by atoms with E-state index >= 15 is 0 Å². The Hall–Kier alpha value is -3.18. The van der Waals surface area contributed by atoms with Gasteiger partial charge in [0, 0.05) is 24.2 Å². The number of methoxy groups -OCH3 is 2. The third-order valence-corrected chi connectivity index (χ3v) is 7.13. The molecule has 0 N–H and O–H groups in total. The second kappa shape index (κ2) is 7.75. The van der Waals surface area contributed by atoms with Crippen LogP contribution in [-0.4, -0.2) is 32.5 Å². The quantitative estimate of drug-likeness (QED) is 0.592. The van der Waals surface area contributed by atoms with E-state index in [4.69, 9.17) is 18.9 Å². The molecule has 3 aromatic carbocycles. The Balaban J connectivity index is 1.49. The fraction of sp³-hybridized carbons (Fsp3) is 0.333. The van der Waals surface area contributed by atoms with Gasteiger partial charge in [0.25, 0.3) is 0 Å². The zero-order chi connectivity index (χ0) is 21.7. The maximum Gasteiger partial charge on any atom is 0.231 e. The van der Waals surface area contributed by atoms with E-state index in [0.29, 0.717) is 12.8 Å². The molecule has 3 aromatic rings. The molecular formula is C27H27NO4. The fourth-order valence-electron chi connectivity index (χ4n) is 5.68. The Morgan fingerprint density at radius 2 is 1.75 bits per heavy atom. The molecule has 0 amide bonds. The first-order valence-corrected chi connectivity index (χ1v) is 11.2. The summed E-state index contributed by atoms with van der Waals surface area (Å²) in [6.07, 6.45) is 2.86. The lowest BCUT2D eigenvalue weighted by molar-refractivity contribution is 0.103. The first kappa shape index (κ1) is 19.5. The minimum atomic E-state index is 0.203. The van der Waals surface area contributed by atoms with Crippen LogP contribution in [0, 0.1) is 0 Å². The SMILES string of the molecule is COc1ccc2c(c1OC)[C@@H](Cc1ccccc1)N1CCc3cc4c(cc3[C@@H]1C2)OCO4. The lowest BCUT2D eigenvalue weighted by Crippen LogP contribution is -2.43. The van der Waals surface area contributed by atoms with Gasteiger partial charge in [-0.3, -0.25) is 4.90 Å². The average molecular weight is 430 g/mol. The zero-order valence-electron chi connectivity index (χ0n) is 18.5. The molecule has 3 aliphatic heterocycles. The van der Waals surface area contributed by atoms with Crippen LogP contribution in [-0.2, 0) is 19.3 Å². The predicted octanol–water partition coefficient (Wildman–Crippen LogP) is 4.87. The van der Waals surface area contributed by atoms with Crippen LogP contribution in [0.2, 0.25) is 0 Å². The Labute approximate surface area is 188 Å². The van der Waals surface area contributed by atoms with E-state index in [9.17, 15) is 0 Å². The van der Waals surface area contributed by atoms with Gasteiger partial charge in [-0.1, -0.05) is 36.4 Å². The Kier molecular flexibility index (Phi) is 4.72. The molecule has 6 rings (SSSR count). The van der Waals surface area contributed by atoms with Crippen molar-refractivity contribution in [2.24, 2.45) is 0 Å². The predicted molar refractivity (Wildman–Crippen MR) is 122 cm³/mol. The number of benzene rings is 3. The van der Waals surface area contributed by atoms with E-state index < -0.39 is 0 Å². The minimum absolute atomic E-state index is 0.203. The third kappa shape index (κ3) is 3.03. The Bertz CT molecular complexity index is 1160. The normalized spacial score (nSPS) is 20.8. The lowest BCUT2D eigenvalue weighted by atomic mass is 9.78. The van der Waals surface area contributed by atoms with Crippen molar-refractivity contribution in [3.8, 4) is 23.0 Å². The summed E-state index contributed by atoms with van der Waals surface area (Å²) in [7, 11) is 3.46. The van der Waals surface area contributed by atoms with Crippen molar-refractivity contribution in [2.75, 3.05) is 27.6 Å². The summed E-state index contributed by atoms with van der Waals surface area (Å²) in [6.45, 7) is 1.30. The highest BCUT2D eigenvalue weighted by Gasteiger charge is 2.41. The lowest BCUT2D eigenvalue weighted by Gasteiger charge is -2.47. The molecule has 3 heterocycles. The summed E-state index contributed by atoms with van der Waals surface area (Å²) in [5, 5.41) is 0. The van der Waals surface area contributed by atoms with Gasteiger partial charge in [-0.05, 0) is 59.7 Å². The molecular weight excluding hydrogens is 402 g/mol. The van der Waals surface area contributed by atoms with E-state index in [1.54, 1.807) is 14.2 Å². The molecule has 0 unspecified atom stereocenters. The molecule has 0 saturated heterocycles. The van der Waals surface area contributed by atoms with Crippen molar-refractivity contribution in [1.82, 2.24) is 4.90 Å². The fourth-order valence-corrected chi connectivity index (χ4v) is 5.68. The number of hydrogen-bond acceptors (Lipinski definition) is 5. The van der Waals surface area contributed by atoms with Crippen LogP contribution in [0.3, 0.4) is 0 Å². The summed E-state index contributed by atoms with van der Waals surface area (Å²) >= 11 is 0. The van der Waals surface area contributed by atoms with Crippen LogP contribution in [0.15, 0.2) is 54.6 Å². The van der Waals surface area contributed by atoms with E-state index in [-0.39, 0.29) is 6.04 Å². The highest BCUT2D eigenvalue weighted by atomic mass is 16.7. The van der Waals surface area contributed by atoms with Crippen LogP contribution in [0.5, 0.6) is 23.0 Å². The number of ether oxygens (including phenoxy) is 4. The van der Waals surface area contributed by atoms with Gasteiger partial charge in [-0.25, -0.2) is 0 Å². The van der Waals surface area contributed by atoms with Crippen molar-refractivity contribution >= 4 is 0 Å². The Morgan fingerprint density at radius 3 is 2.53 bits per heavy atom. The van der Waals surface area contributed by atoms with E-state index in [1.165, 1.54) is 27.8 Å². The zero-order valence-corrected chi connectivity index (χ0v) is 18.5. The number of nitrogens with zero attached hydrogens (tertiary/aromatic N) is 1. The van der Waals surface area contributed by atoms with Gasteiger partial charge in [-0.2, -0.15) is 0 Å². The molecule has 0 aliphatic carbocycles. The molecule has 0 bridgehead atoms. The van der Waals surface area contributed by atoms with Crippen LogP contribution < -0.4 is 18.9 Å². The number of fused-ring (bicyclic) bond motifs is 5. The first-order valence-electron chi connectivity index (χ1n) is 11.2. The van der Waals surface area contributed by atoms with Crippen molar-refractivity contribution in [3.05, 3.63) is 82.4 Å². The monoisotopic (exact) mass is 429 g/mol. The summed E-state index contributed by atoms with van der Waals surface area (Å²) in [5.41, 5.74) is 6.65. The molecule has 164 valence electrons. The highest BCUT2D eigenvalue weighted by molar-refractivity contribution is 5.56. The Morgan fingerprint density at radius 1 is 0.938 bits per heavy atom. The first-order chi connectivity index (χ1) is 15.8. The molecule has 3 aliphatic rings. The van der Waals surface area contributed by atoms with Gasteiger partial charge >= 0.3 is 0 Å². The average Bonchev–Trinajstić information content (AvgIpc) is 3.30. The van der Waals surface area contributed by atoms with Crippen molar-refractivity contribution in [2.45, 2.75) is 31.3 Å². The van der Waals surface area contributed by atoms with Crippen LogP contribution in [0.4, 0.5) is 0 Å². The smallest absolute Gasteiger partial charge is 0.231 e. The van der Waals surface area contributed by atoms with Crippen molar-refractivity contribution < 1.29 is 18.9 Å². The van der Waals surface area contributed by atoms with Gasteiger partial charge < -0.3 is 18.9 Å². The van der Waals surface area contributed by atoms with Crippen LogP contribution in [0.1, 0.15) is 39.9 Å². The van der Waals surface area contributed by atoms with Gasteiger partial charge in [0.15, 0.2) is 23.0 Å². The van der Waals surface area contributed by atoms with Gasteiger partial charge in [0.05, 0.1) is 14.2 Å². The molecule has 32 heavy (non-hydrogen) atoms. The van der Waals surface area contributed by atoms with Crippen molar-refractivity contribution in [1.29, 1.82) is 0 Å². The standard InChI is InChI=1S/C27H27NO4/c1-29-23-9-8-19-13-21-20-15-25-24(31-16-32-25)14-18(20)10-11-28(21)22(26(19)27(23)30-2)12-17-6-4-3-5-7-17/h3-9,14-15,21-22H,10-13,16H2,1-2H3/t21-,22+/m0/s1. The maximum atomic E-state index is 5.92. The third-order valence-electron chi connectivity index (χ3n) is 7.13. The summed E-state index contributed by atoms with van der Waals surface area (Å²) in [4.78, 5) is 2.65. The topological polar surface area (TPSA) is 40.2 Å². The number of hydrogen-bond donors (Lipinski definition) is 0. The summed E-state index contributed by atoms with van der Waals surface area (Å²) in [5.74, 6) is 3.40. The maximum absolute atomic E-state index is 5.92. The number of rotatable bonds is 4. The van der Waals surface area contributed by atoms with E-state index in [1.807, 2.05) is 6.07 Å². The molecule has 2 atom stereocenters. The molecule has 0 radical (unpaired) electrons. The molecule has 0 saturated carbocycles. The highest BCUT2D eigenvalue weighted by Crippen LogP contribution is 2.51. The second-order valence-corrected chi connectivity index (χ2v) is 8.69. The molecule has 0 spiro atoms. The van der Waals surface area contributed by atoms with E-state index in [0.717, 1.165) is 48.8 Å². The largest absolute Gasteiger partial charge is 0.493 e. The van der Waals surface area contributed by atoms with Crippen LogP contribution >= 0.6 is 0 Å². The minimum Gasteiger partial charge on any atom is -0.493 e. The molecule has 5 heteroatoms. The van der Waals surface area contributed by atoms with Gasteiger partial charge in [-0.15, -0.1) is 0 Å². The second-order valence-electron chi connectivity index (χ2n) is 8.69. The van der Waals surface area contributed by atoms with E-state index in [2.05, 4.69) is 53.4 Å². The molecule has 5 nitrogen and oxygen atoms in total.